The minimum atomic E-state index is 0.980. The molecule has 1 saturated heterocycles. The molecule has 1 aliphatic heterocycles. The number of thiophene rings is 1. The highest BCUT2D eigenvalue weighted by atomic mass is 79.9. The fourth-order valence-corrected chi connectivity index (χ4v) is 4.51. The number of rotatable bonds is 4. The molecular weight excluding hydrogens is 394 g/mol. The van der Waals surface area contributed by atoms with Crippen LogP contribution in [0.4, 0.5) is 0 Å². The quantitative estimate of drug-likeness (QED) is 0.571. The van der Waals surface area contributed by atoms with E-state index in [0.717, 1.165) is 36.5 Å². The van der Waals surface area contributed by atoms with Crippen molar-refractivity contribution in [3.63, 3.8) is 0 Å². The lowest BCUT2D eigenvalue weighted by Gasteiger charge is -2.33. The molecule has 2 aromatic carbocycles. The fraction of sp³-hybridized carbons (Fsp3) is 0.250. The predicted octanol–water partition coefficient (Wildman–Crippen LogP) is 4.82. The van der Waals surface area contributed by atoms with Crippen molar-refractivity contribution in [1.82, 2.24) is 9.91 Å². The van der Waals surface area contributed by atoms with Crippen LogP contribution in [0.1, 0.15) is 10.4 Å². The van der Waals surface area contributed by atoms with Crippen LogP contribution in [0.15, 0.2) is 63.5 Å². The average Bonchev–Trinajstić information content (AvgIpc) is 3.07. The number of benzene rings is 2. The number of nitrogens with zero attached hydrogens (tertiary/aromatic N) is 3. The maximum atomic E-state index is 4.63. The van der Waals surface area contributed by atoms with Crippen LogP contribution < -0.4 is 0 Å². The Labute approximate surface area is 160 Å². The number of piperazine rings is 1. The second-order valence-corrected chi connectivity index (χ2v) is 8.75. The van der Waals surface area contributed by atoms with Crippen LogP contribution in [0.25, 0.3) is 10.8 Å². The maximum Gasteiger partial charge on any atom is 0.0705 e. The van der Waals surface area contributed by atoms with E-state index in [-0.39, 0.29) is 0 Å². The average molecular weight is 414 g/mol. The van der Waals surface area contributed by atoms with Gasteiger partial charge in [-0.05, 0) is 44.4 Å². The van der Waals surface area contributed by atoms with E-state index in [9.17, 15) is 0 Å². The normalized spacial score (nSPS) is 16.1. The summed E-state index contributed by atoms with van der Waals surface area (Å²) in [6.45, 7) is 5.07. The summed E-state index contributed by atoms with van der Waals surface area (Å²) in [4.78, 5) is 3.71. The van der Waals surface area contributed by atoms with Gasteiger partial charge < -0.3 is 0 Å². The van der Waals surface area contributed by atoms with Gasteiger partial charge in [-0.15, -0.1) is 11.3 Å². The SMILES string of the molecule is Brc1ccc(/C=N/N2CCN(Cc3cccc4ccccc34)CC2)s1. The Morgan fingerprint density at radius 3 is 2.56 bits per heavy atom. The van der Waals surface area contributed by atoms with Gasteiger partial charge in [0.25, 0.3) is 0 Å². The summed E-state index contributed by atoms with van der Waals surface area (Å²) in [6.07, 6.45) is 1.97. The molecule has 0 saturated carbocycles. The first kappa shape index (κ1) is 16.8. The summed E-state index contributed by atoms with van der Waals surface area (Å²) in [5.41, 5.74) is 1.42. The molecule has 3 nitrogen and oxygen atoms in total. The molecular formula is C20H20BrN3S. The molecule has 25 heavy (non-hydrogen) atoms. The predicted molar refractivity (Wildman–Crippen MR) is 110 cm³/mol. The molecule has 0 radical (unpaired) electrons. The molecule has 1 fully saturated rings. The van der Waals surface area contributed by atoms with E-state index >= 15 is 0 Å². The van der Waals surface area contributed by atoms with E-state index in [1.54, 1.807) is 11.3 Å². The Balaban J connectivity index is 1.36. The summed E-state index contributed by atoms with van der Waals surface area (Å²) in [5, 5.41) is 9.50. The van der Waals surface area contributed by atoms with Crippen LogP contribution in [-0.2, 0) is 6.54 Å². The van der Waals surface area contributed by atoms with Gasteiger partial charge >= 0.3 is 0 Å². The summed E-state index contributed by atoms with van der Waals surface area (Å²) >= 11 is 5.20. The first-order valence-corrected chi connectivity index (χ1v) is 10.1. The Morgan fingerprint density at radius 2 is 1.76 bits per heavy atom. The van der Waals surface area contributed by atoms with Gasteiger partial charge in [0.2, 0.25) is 0 Å². The van der Waals surface area contributed by atoms with E-state index in [1.807, 2.05) is 6.21 Å². The van der Waals surface area contributed by atoms with Crippen molar-refractivity contribution in [2.75, 3.05) is 26.2 Å². The lowest BCUT2D eigenvalue weighted by molar-refractivity contribution is 0.131. The molecule has 0 aliphatic carbocycles. The van der Waals surface area contributed by atoms with Gasteiger partial charge in [-0.25, -0.2) is 0 Å². The number of hydrazone groups is 1. The lowest BCUT2D eigenvalue weighted by atomic mass is 10.0. The van der Waals surface area contributed by atoms with Gasteiger partial charge in [-0.2, -0.15) is 5.10 Å². The number of halogens is 1. The lowest BCUT2D eigenvalue weighted by Crippen LogP contribution is -2.43. The van der Waals surface area contributed by atoms with Crippen molar-refractivity contribution < 1.29 is 0 Å². The summed E-state index contributed by atoms with van der Waals surface area (Å²) in [5.74, 6) is 0. The van der Waals surface area contributed by atoms with Crippen LogP contribution in [0.5, 0.6) is 0 Å². The molecule has 4 rings (SSSR count). The van der Waals surface area contributed by atoms with Crippen LogP contribution >= 0.6 is 27.3 Å². The third-order valence-electron chi connectivity index (χ3n) is 4.56. The highest BCUT2D eigenvalue weighted by Gasteiger charge is 2.16. The zero-order valence-electron chi connectivity index (χ0n) is 13.9. The molecule has 3 aromatic rings. The Hall–Kier alpha value is -1.69. The zero-order valence-corrected chi connectivity index (χ0v) is 16.3. The Morgan fingerprint density at radius 1 is 0.960 bits per heavy atom. The maximum absolute atomic E-state index is 4.63. The minimum absolute atomic E-state index is 0.980. The molecule has 0 spiro atoms. The van der Waals surface area contributed by atoms with Crippen molar-refractivity contribution >= 4 is 44.3 Å². The van der Waals surface area contributed by atoms with Gasteiger partial charge in [0, 0.05) is 37.6 Å². The minimum Gasteiger partial charge on any atom is -0.295 e. The smallest absolute Gasteiger partial charge is 0.0705 e. The summed E-state index contributed by atoms with van der Waals surface area (Å²) in [7, 11) is 0. The highest BCUT2D eigenvalue weighted by molar-refractivity contribution is 9.11. The standard InChI is InChI=1S/C20H20BrN3S/c21-20-9-8-18(25-20)14-22-24-12-10-23(11-13-24)15-17-6-3-5-16-4-1-2-7-19(16)17/h1-9,14H,10-13,15H2/b22-14+. The van der Waals surface area contributed by atoms with E-state index in [0.29, 0.717) is 0 Å². The van der Waals surface area contributed by atoms with Gasteiger partial charge in [0.05, 0.1) is 10.0 Å². The summed E-state index contributed by atoms with van der Waals surface area (Å²) < 4.78 is 1.15. The second-order valence-electron chi connectivity index (χ2n) is 6.25. The summed E-state index contributed by atoms with van der Waals surface area (Å²) in [6, 6.07) is 19.4. The van der Waals surface area contributed by atoms with E-state index in [1.165, 1.54) is 21.2 Å². The van der Waals surface area contributed by atoms with Crippen LogP contribution in [0.2, 0.25) is 0 Å². The number of hydrogen-bond acceptors (Lipinski definition) is 4. The second kappa shape index (κ2) is 7.68. The third-order valence-corrected chi connectivity index (χ3v) is 6.12. The van der Waals surface area contributed by atoms with Crippen molar-refractivity contribution in [2.45, 2.75) is 6.54 Å². The van der Waals surface area contributed by atoms with Crippen molar-refractivity contribution in [1.29, 1.82) is 0 Å². The highest BCUT2D eigenvalue weighted by Crippen LogP contribution is 2.22. The molecule has 128 valence electrons. The third kappa shape index (κ3) is 4.11. The molecule has 0 atom stereocenters. The van der Waals surface area contributed by atoms with Crippen molar-refractivity contribution in [2.24, 2.45) is 5.10 Å². The van der Waals surface area contributed by atoms with Crippen LogP contribution in [0.3, 0.4) is 0 Å². The molecule has 2 heterocycles. The Kier molecular flexibility index (Phi) is 5.15. The van der Waals surface area contributed by atoms with Gasteiger partial charge in [0.1, 0.15) is 0 Å². The molecule has 1 aliphatic rings. The van der Waals surface area contributed by atoms with E-state index in [2.05, 4.69) is 85.5 Å². The first-order valence-electron chi connectivity index (χ1n) is 8.51. The first-order chi connectivity index (χ1) is 12.3. The topological polar surface area (TPSA) is 18.8 Å². The van der Waals surface area contributed by atoms with E-state index < -0.39 is 0 Å². The molecule has 0 unspecified atom stereocenters. The van der Waals surface area contributed by atoms with Crippen LogP contribution in [-0.4, -0.2) is 42.3 Å². The Bertz CT molecular complexity index is 876. The number of fused-ring (bicyclic) bond motifs is 1. The molecule has 0 amide bonds. The molecule has 0 N–H and O–H groups in total. The molecule has 5 heteroatoms. The van der Waals surface area contributed by atoms with E-state index in [4.69, 9.17) is 0 Å². The van der Waals surface area contributed by atoms with Gasteiger partial charge in [-0.3, -0.25) is 9.91 Å². The van der Waals surface area contributed by atoms with Gasteiger partial charge in [0.15, 0.2) is 0 Å². The number of hydrogen-bond donors (Lipinski definition) is 0. The largest absolute Gasteiger partial charge is 0.295 e. The van der Waals surface area contributed by atoms with Crippen molar-refractivity contribution in [3.8, 4) is 0 Å². The monoisotopic (exact) mass is 413 g/mol. The zero-order chi connectivity index (χ0) is 17.1. The fourth-order valence-electron chi connectivity index (χ4n) is 3.22. The molecule has 0 bridgehead atoms. The molecule has 1 aromatic heterocycles. The van der Waals surface area contributed by atoms with Crippen molar-refractivity contribution in [3.05, 3.63) is 68.8 Å². The van der Waals surface area contributed by atoms with Gasteiger partial charge in [-0.1, -0.05) is 42.5 Å². The van der Waals surface area contributed by atoms with Crippen LogP contribution in [0, 0.1) is 0 Å².